The molecule has 0 atom stereocenters. The molecule has 0 aliphatic rings. The Morgan fingerprint density at radius 2 is 2.07 bits per heavy atom. The van der Waals surface area contributed by atoms with Gasteiger partial charge >= 0.3 is 12.6 Å². The van der Waals surface area contributed by atoms with Crippen LogP contribution in [0.3, 0.4) is 0 Å². The topological polar surface area (TPSA) is 46.5 Å². The van der Waals surface area contributed by atoms with E-state index < -0.39 is 12.6 Å². The average Bonchev–Trinajstić information content (AvgIpc) is 2.15. The van der Waals surface area contributed by atoms with Crippen molar-refractivity contribution in [3.05, 3.63) is 35.9 Å². The smallest absolute Gasteiger partial charge is 0.387 e. The third-order valence-corrected chi connectivity index (χ3v) is 1.54. The largest absolute Gasteiger partial charge is 0.478 e. The number of ether oxygens (including phenoxy) is 1. The number of carbonyl (C=O) groups is 1. The Morgan fingerprint density at radius 3 is 2.67 bits per heavy atom. The minimum atomic E-state index is -2.93. The second kappa shape index (κ2) is 5.09. The quantitative estimate of drug-likeness (QED) is 0.782. The molecule has 1 N–H and O–H groups in total. The molecule has 0 amide bonds. The first kappa shape index (κ1) is 11.2. The van der Waals surface area contributed by atoms with Crippen LogP contribution >= 0.6 is 0 Å². The van der Waals surface area contributed by atoms with Gasteiger partial charge in [-0.05, 0) is 12.1 Å². The van der Waals surface area contributed by atoms with Gasteiger partial charge in [-0.25, -0.2) is 4.79 Å². The Bertz CT molecular complexity index is 375. The zero-order valence-electron chi connectivity index (χ0n) is 7.56. The van der Waals surface area contributed by atoms with E-state index in [-0.39, 0.29) is 5.75 Å². The molecule has 80 valence electrons. The molecule has 1 aromatic carbocycles. The second-order valence-electron chi connectivity index (χ2n) is 2.59. The van der Waals surface area contributed by atoms with Crippen LogP contribution in [0.25, 0.3) is 6.08 Å². The van der Waals surface area contributed by atoms with Gasteiger partial charge in [0.1, 0.15) is 5.75 Å². The van der Waals surface area contributed by atoms with Crippen molar-refractivity contribution >= 4 is 12.0 Å². The van der Waals surface area contributed by atoms with Crippen molar-refractivity contribution < 1.29 is 23.4 Å². The van der Waals surface area contributed by atoms with Crippen LogP contribution in [0.1, 0.15) is 5.56 Å². The molecule has 5 heteroatoms. The van der Waals surface area contributed by atoms with Gasteiger partial charge in [-0.1, -0.05) is 18.2 Å². The third-order valence-electron chi connectivity index (χ3n) is 1.54. The van der Waals surface area contributed by atoms with Crippen LogP contribution in [0.2, 0.25) is 0 Å². The maximum atomic E-state index is 11.9. The van der Waals surface area contributed by atoms with E-state index in [2.05, 4.69) is 4.74 Å². The standard InChI is InChI=1S/C10H8F2O3/c11-10(12)15-8-4-2-1-3-7(8)5-6-9(13)14/h1-6,10H,(H,13,14)/b6-5+. The van der Waals surface area contributed by atoms with Gasteiger partial charge in [0.2, 0.25) is 0 Å². The molecule has 0 aromatic heterocycles. The molecule has 0 aliphatic heterocycles. The van der Waals surface area contributed by atoms with Gasteiger partial charge in [-0.3, -0.25) is 0 Å². The lowest BCUT2D eigenvalue weighted by atomic mass is 10.2. The van der Waals surface area contributed by atoms with E-state index in [4.69, 9.17) is 5.11 Å². The minimum Gasteiger partial charge on any atom is -0.478 e. The fourth-order valence-corrected chi connectivity index (χ4v) is 0.983. The maximum absolute atomic E-state index is 11.9. The summed E-state index contributed by atoms with van der Waals surface area (Å²) in [7, 11) is 0. The number of hydrogen-bond acceptors (Lipinski definition) is 2. The fourth-order valence-electron chi connectivity index (χ4n) is 0.983. The first-order valence-electron chi connectivity index (χ1n) is 4.04. The molecule has 15 heavy (non-hydrogen) atoms. The van der Waals surface area contributed by atoms with Gasteiger partial charge < -0.3 is 9.84 Å². The number of carboxylic acid groups (broad SMARTS) is 1. The van der Waals surface area contributed by atoms with Crippen molar-refractivity contribution in [2.24, 2.45) is 0 Å². The first-order valence-corrected chi connectivity index (χ1v) is 4.04. The highest BCUT2D eigenvalue weighted by molar-refractivity contribution is 5.85. The molecule has 0 bridgehead atoms. The molecule has 0 fully saturated rings. The highest BCUT2D eigenvalue weighted by Crippen LogP contribution is 2.21. The summed E-state index contributed by atoms with van der Waals surface area (Å²) in [6.45, 7) is -2.93. The zero-order valence-corrected chi connectivity index (χ0v) is 7.56. The molecular weight excluding hydrogens is 206 g/mol. The lowest BCUT2D eigenvalue weighted by Crippen LogP contribution is -2.03. The van der Waals surface area contributed by atoms with E-state index in [1.807, 2.05) is 0 Å². The van der Waals surface area contributed by atoms with Crippen molar-refractivity contribution in [2.75, 3.05) is 0 Å². The van der Waals surface area contributed by atoms with Gasteiger partial charge in [-0.15, -0.1) is 0 Å². The number of alkyl halides is 2. The monoisotopic (exact) mass is 214 g/mol. The van der Waals surface area contributed by atoms with E-state index >= 15 is 0 Å². The van der Waals surface area contributed by atoms with Gasteiger partial charge in [-0.2, -0.15) is 8.78 Å². The van der Waals surface area contributed by atoms with Crippen molar-refractivity contribution in [3.63, 3.8) is 0 Å². The lowest BCUT2D eigenvalue weighted by Gasteiger charge is -2.06. The molecule has 0 spiro atoms. The maximum Gasteiger partial charge on any atom is 0.387 e. The summed E-state index contributed by atoms with van der Waals surface area (Å²) >= 11 is 0. The SMILES string of the molecule is O=C(O)/C=C/c1ccccc1OC(F)F. The van der Waals surface area contributed by atoms with Crippen LogP contribution in [0.15, 0.2) is 30.3 Å². The normalized spacial score (nSPS) is 10.9. The molecule has 1 aromatic rings. The summed E-state index contributed by atoms with van der Waals surface area (Å²) in [5.74, 6) is -1.20. The zero-order chi connectivity index (χ0) is 11.3. The Balaban J connectivity index is 2.91. The van der Waals surface area contributed by atoms with Gasteiger partial charge in [0.05, 0.1) is 0 Å². The number of halogens is 2. The number of hydrogen-bond donors (Lipinski definition) is 1. The first-order chi connectivity index (χ1) is 7.09. The van der Waals surface area contributed by atoms with Crippen LogP contribution in [0, 0.1) is 0 Å². The molecule has 3 nitrogen and oxygen atoms in total. The molecule has 0 radical (unpaired) electrons. The average molecular weight is 214 g/mol. The van der Waals surface area contributed by atoms with Crippen LogP contribution < -0.4 is 4.74 Å². The van der Waals surface area contributed by atoms with Gasteiger partial charge in [0, 0.05) is 11.6 Å². The van der Waals surface area contributed by atoms with Crippen molar-refractivity contribution in [2.45, 2.75) is 6.61 Å². The van der Waals surface area contributed by atoms with Crippen LogP contribution in [-0.2, 0) is 4.79 Å². The van der Waals surface area contributed by atoms with Gasteiger partial charge in [0.15, 0.2) is 0 Å². The summed E-state index contributed by atoms with van der Waals surface area (Å²) in [5.41, 5.74) is 0.292. The Kier molecular flexibility index (Phi) is 3.79. The molecule has 0 aliphatic carbocycles. The summed E-state index contributed by atoms with van der Waals surface area (Å²) < 4.78 is 28.1. The number of para-hydroxylation sites is 1. The summed E-state index contributed by atoms with van der Waals surface area (Å²) in [6, 6.07) is 5.94. The molecule has 0 saturated heterocycles. The van der Waals surface area contributed by atoms with E-state index in [1.54, 1.807) is 6.07 Å². The predicted molar refractivity (Wildman–Crippen MR) is 49.7 cm³/mol. The molecule has 1 rings (SSSR count). The number of rotatable bonds is 4. The Hall–Kier alpha value is -1.91. The summed E-state index contributed by atoms with van der Waals surface area (Å²) in [4.78, 5) is 10.2. The van der Waals surface area contributed by atoms with Crippen molar-refractivity contribution in [3.8, 4) is 5.75 Å². The lowest BCUT2D eigenvalue weighted by molar-refractivity contribution is -0.131. The van der Waals surface area contributed by atoms with Crippen molar-refractivity contribution in [1.29, 1.82) is 0 Å². The summed E-state index contributed by atoms with van der Waals surface area (Å²) in [5, 5.41) is 8.37. The van der Waals surface area contributed by atoms with E-state index in [0.29, 0.717) is 5.56 Å². The van der Waals surface area contributed by atoms with Gasteiger partial charge in [0.25, 0.3) is 0 Å². The molecular formula is C10H8F2O3. The highest BCUT2D eigenvalue weighted by atomic mass is 19.3. The second-order valence-corrected chi connectivity index (χ2v) is 2.59. The van der Waals surface area contributed by atoms with Crippen LogP contribution in [-0.4, -0.2) is 17.7 Å². The Labute approximate surface area is 84.6 Å². The van der Waals surface area contributed by atoms with E-state index in [9.17, 15) is 13.6 Å². The Morgan fingerprint density at radius 1 is 1.40 bits per heavy atom. The van der Waals surface area contributed by atoms with Crippen LogP contribution in [0.5, 0.6) is 5.75 Å². The number of benzene rings is 1. The highest BCUT2D eigenvalue weighted by Gasteiger charge is 2.06. The van der Waals surface area contributed by atoms with E-state index in [1.165, 1.54) is 24.3 Å². The number of aliphatic carboxylic acids is 1. The molecule has 0 heterocycles. The predicted octanol–water partition coefficient (Wildman–Crippen LogP) is 2.39. The molecule has 0 saturated carbocycles. The van der Waals surface area contributed by atoms with E-state index in [0.717, 1.165) is 6.08 Å². The third kappa shape index (κ3) is 3.76. The summed E-state index contributed by atoms with van der Waals surface area (Å²) in [6.07, 6.45) is 2.05. The number of carboxylic acids is 1. The molecule has 0 unspecified atom stereocenters. The van der Waals surface area contributed by atoms with Crippen LogP contribution in [0.4, 0.5) is 8.78 Å². The van der Waals surface area contributed by atoms with Crippen molar-refractivity contribution in [1.82, 2.24) is 0 Å². The fraction of sp³-hybridized carbons (Fsp3) is 0.100. The minimum absolute atomic E-state index is 0.0509.